The third-order valence-corrected chi connectivity index (χ3v) is 4.35. The summed E-state index contributed by atoms with van der Waals surface area (Å²) in [5, 5.41) is 0. The molecule has 0 aliphatic rings. The number of aryl methyl sites for hydroxylation is 1. The molecule has 0 radical (unpaired) electrons. The number of hydrogen-bond donors (Lipinski definition) is 0. The van der Waals surface area contributed by atoms with Crippen LogP contribution in [0.4, 0.5) is 4.39 Å². The first-order chi connectivity index (χ1) is 8.58. The summed E-state index contributed by atoms with van der Waals surface area (Å²) in [6.45, 7) is 2.05. The van der Waals surface area contributed by atoms with Crippen LogP contribution in [0.15, 0.2) is 46.9 Å². The molecule has 0 aromatic heterocycles. The Kier molecular flexibility index (Phi) is 4.57. The van der Waals surface area contributed by atoms with Crippen molar-refractivity contribution in [1.29, 1.82) is 0 Å². The topological polar surface area (TPSA) is 0 Å². The molecule has 3 heteroatoms. The van der Waals surface area contributed by atoms with Gasteiger partial charge in [0, 0.05) is 9.30 Å². The van der Waals surface area contributed by atoms with E-state index in [0.717, 1.165) is 15.6 Å². The van der Waals surface area contributed by atoms with E-state index in [1.165, 1.54) is 11.6 Å². The Morgan fingerprint density at radius 2 is 1.89 bits per heavy atom. The van der Waals surface area contributed by atoms with Crippen LogP contribution in [-0.2, 0) is 6.42 Å². The molecular formula is C15H13Br2F. The van der Waals surface area contributed by atoms with Crippen LogP contribution in [0.5, 0.6) is 0 Å². The fraction of sp³-hybridized carbons (Fsp3) is 0.200. The van der Waals surface area contributed by atoms with Crippen LogP contribution in [0, 0.1) is 12.7 Å². The SMILES string of the molecule is Cc1ccc(C(Br)Cc2ccccc2F)c(Br)c1. The van der Waals surface area contributed by atoms with Crippen molar-refractivity contribution in [3.8, 4) is 0 Å². The second-order valence-electron chi connectivity index (χ2n) is 4.29. The van der Waals surface area contributed by atoms with Crippen molar-refractivity contribution in [1.82, 2.24) is 0 Å². The van der Waals surface area contributed by atoms with Gasteiger partial charge in [0.15, 0.2) is 0 Å². The van der Waals surface area contributed by atoms with Crippen molar-refractivity contribution < 1.29 is 4.39 Å². The third kappa shape index (κ3) is 3.21. The van der Waals surface area contributed by atoms with Crippen molar-refractivity contribution in [2.24, 2.45) is 0 Å². The second kappa shape index (κ2) is 5.98. The van der Waals surface area contributed by atoms with Gasteiger partial charge in [-0.05, 0) is 42.2 Å². The molecule has 2 aromatic rings. The second-order valence-corrected chi connectivity index (χ2v) is 6.25. The molecule has 0 aliphatic heterocycles. The van der Waals surface area contributed by atoms with E-state index in [9.17, 15) is 4.39 Å². The van der Waals surface area contributed by atoms with Gasteiger partial charge in [0.25, 0.3) is 0 Å². The molecule has 0 saturated carbocycles. The average Bonchev–Trinajstić information content (AvgIpc) is 2.32. The highest BCUT2D eigenvalue weighted by atomic mass is 79.9. The molecular weight excluding hydrogens is 359 g/mol. The first-order valence-electron chi connectivity index (χ1n) is 5.71. The molecule has 2 rings (SSSR count). The maximum Gasteiger partial charge on any atom is 0.126 e. The normalized spacial score (nSPS) is 12.4. The minimum atomic E-state index is -0.148. The average molecular weight is 372 g/mol. The quantitative estimate of drug-likeness (QED) is 0.618. The largest absolute Gasteiger partial charge is 0.207 e. The van der Waals surface area contributed by atoms with Gasteiger partial charge in [-0.3, -0.25) is 0 Å². The first kappa shape index (κ1) is 13.8. The predicted octanol–water partition coefficient (Wildman–Crippen LogP) is 5.58. The van der Waals surface area contributed by atoms with Gasteiger partial charge >= 0.3 is 0 Å². The summed E-state index contributed by atoms with van der Waals surface area (Å²) in [6, 6.07) is 13.1. The van der Waals surface area contributed by atoms with Gasteiger partial charge in [-0.1, -0.05) is 62.2 Å². The Balaban J connectivity index is 2.22. The lowest BCUT2D eigenvalue weighted by molar-refractivity contribution is 0.608. The summed E-state index contributed by atoms with van der Waals surface area (Å²) in [6.07, 6.45) is 0.633. The maximum atomic E-state index is 13.6. The first-order valence-corrected chi connectivity index (χ1v) is 7.42. The van der Waals surface area contributed by atoms with Gasteiger partial charge in [0.2, 0.25) is 0 Å². The van der Waals surface area contributed by atoms with E-state index >= 15 is 0 Å². The molecule has 1 unspecified atom stereocenters. The molecule has 0 aliphatic carbocycles. The Morgan fingerprint density at radius 1 is 1.17 bits per heavy atom. The number of alkyl halides is 1. The molecule has 0 spiro atoms. The van der Waals surface area contributed by atoms with Crippen LogP contribution in [0.25, 0.3) is 0 Å². The molecule has 0 heterocycles. The van der Waals surface area contributed by atoms with Crippen LogP contribution in [0.3, 0.4) is 0 Å². The van der Waals surface area contributed by atoms with Crippen molar-refractivity contribution >= 4 is 31.9 Å². The van der Waals surface area contributed by atoms with E-state index in [1.807, 2.05) is 12.1 Å². The molecule has 2 aromatic carbocycles. The van der Waals surface area contributed by atoms with E-state index in [0.29, 0.717) is 6.42 Å². The van der Waals surface area contributed by atoms with Gasteiger partial charge in [-0.15, -0.1) is 0 Å². The van der Waals surface area contributed by atoms with Gasteiger partial charge in [0.05, 0.1) is 0 Å². The van der Waals surface area contributed by atoms with Crippen LogP contribution in [-0.4, -0.2) is 0 Å². The maximum absolute atomic E-state index is 13.6. The summed E-state index contributed by atoms with van der Waals surface area (Å²) in [5.74, 6) is -0.148. The van der Waals surface area contributed by atoms with E-state index in [-0.39, 0.29) is 10.6 Å². The van der Waals surface area contributed by atoms with Crippen LogP contribution in [0.2, 0.25) is 0 Å². The molecule has 0 bridgehead atoms. The number of halogens is 3. The van der Waals surface area contributed by atoms with Crippen molar-refractivity contribution in [2.75, 3.05) is 0 Å². The minimum Gasteiger partial charge on any atom is -0.207 e. The molecule has 94 valence electrons. The highest BCUT2D eigenvalue weighted by molar-refractivity contribution is 9.11. The van der Waals surface area contributed by atoms with E-state index < -0.39 is 0 Å². The monoisotopic (exact) mass is 370 g/mol. The van der Waals surface area contributed by atoms with Crippen molar-refractivity contribution in [3.63, 3.8) is 0 Å². The predicted molar refractivity (Wildman–Crippen MR) is 80.7 cm³/mol. The highest BCUT2D eigenvalue weighted by Crippen LogP contribution is 2.33. The lowest BCUT2D eigenvalue weighted by atomic mass is 10.0. The zero-order valence-corrected chi connectivity index (χ0v) is 13.1. The summed E-state index contributed by atoms with van der Waals surface area (Å²) in [4.78, 5) is 0.101. The standard InChI is InChI=1S/C15H13Br2F/c1-10-6-7-12(13(16)8-10)14(17)9-11-4-2-3-5-15(11)18/h2-8,14H,9H2,1H3. The fourth-order valence-corrected chi connectivity index (χ4v) is 3.68. The Morgan fingerprint density at radius 3 is 2.56 bits per heavy atom. The van der Waals surface area contributed by atoms with Crippen LogP contribution >= 0.6 is 31.9 Å². The Labute approximate surface area is 123 Å². The Bertz CT molecular complexity index is 552. The molecule has 1 atom stereocenters. The highest BCUT2D eigenvalue weighted by Gasteiger charge is 2.13. The minimum absolute atomic E-state index is 0.101. The molecule has 0 nitrogen and oxygen atoms in total. The summed E-state index contributed by atoms with van der Waals surface area (Å²) >= 11 is 7.19. The zero-order chi connectivity index (χ0) is 13.1. The van der Waals surface area contributed by atoms with Gasteiger partial charge in [0.1, 0.15) is 5.82 Å². The van der Waals surface area contributed by atoms with Crippen LogP contribution in [0.1, 0.15) is 21.5 Å². The number of rotatable bonds is 3. The lowest BCUT2D eigenvalue weighted by Gasteiger charge is -2.13. The molecule has 0 amide bonds. The zero-order valence-electron chi connectivity index (χ0n) is 9.96. The molecule has 0 saturated heterocycles. The summed E-state index contributed by atoms with van der Waals surface area (Å²) in [7, 11) is 0. The summed E-state index contributed by atoms with van der Waals surface area (Å²) < 4.78 is 14.7. The van der Waals surface area contributed by atoms with E-state index in [1.54, 1.807) is 6.07 Å². The van der Waals surface area contributed by atoms with Crippen molar-refractivity contribution in [2.45, 2.75) is 18.2 Å². The van der Waals surface area contributed by atoms with Gasteiger partial charge in [-0.25, -0.2) is 4.39 Å². The molecule has 18 heavy (non-hydrogen) atoms. The van der Waals surface area contributed by atoms with E-state index in [4.69, 9.17) is 0 Å². The molecule has 0 fully saturated rings. The smallest absolute Gasteiger partial charge is 0.126 e. The van der Waals surface area contributed by atoms with E-state index in [2.05, 4.69) is 57.0 Å². The molecule has 0 N–H and O–H groups in total. The number of benzene rings is 2. The Hall–Kier alpha value is -0.670. The summed E-state index contributed by atoms with van der Waals surface area (Å²) in [5.41, 5.74) is 3.08. The van der Waals surface area contributed by atoms with Gasteiger partial charge < -0.3 is 0 Å². The lowest BCUT2D eigenvalue weighted by Crippen LogP contribution is -1.99. The van der Waals surface area contributed by atoms with Crippen LogP contribution < -0.4 is 0 Å². The van der Waals surface area contributed by atoms with Gasteiger partial charge in [-0.2, -0.15) is 0 Å². The van der Waals surface area contributed by atoms with Crippen molar-refractivity contribution in [3.05, 3.63) is 69.4 Å². The third-order valence-electron chi connectivity index (χ3n) is 2.85. The number of hydrogen-bond acceptors (Lipinski definition) is 0. The fourth-order valence-electron chi connectivity index (χ4n) is 1.85.